The highest BCUT2D eigenvalue weighted by molar-refractivity contribution is 5.90. The molecule has 0 heterocycles. The number of halogens is 1. The Morgan fingerprint density at radius 2 is 1.86 bits per heavy atom. The second kappa shape index (κ2) is 8.67. The summed E-state index contributed by atoms with van der Waals surface area (Å²) in [5.74, 6) is -2.11. The van der Waals surface area contributed by atoms with E-state index in [-0.39, 0.29) is 0 Å². The van der Waals surface area contributed by atoms with Crippen LogP contribution in [0.2, 0.25) is 0 Å². The number of primary amides is 1. The predicted molar refractivity (Wildman–Crippen MR) is 78.8 cm³/mol. The Balaban J connectivity index is 2.60. The minimum atomic E-state index is -1.34. The molecule has 0 aromatic rings. The van der Waals surface area contributed by atoms with Crippen LogP contribution in [0.1, 0.15) is 45.4 Å². The maximum absolute atomic E-state index is 12.6. The van der Waals surface area contributed by atoms with E-state index in [1.807, 2.05) is 0 Å². The zero-order valence-corrected chi connectivity index (χ0v) is 12.9. The van der Waals surface area contributed by atoms with Gasteiger partial charge in [0.15, 0.2) is 6.67 Å². The van der Waals surface area contributed by atoms with Gasteiger partial charge in [0.25, 0.3) is 11.8 Å². The molecule has 1 saturated carbocycles. The smallest absolute Gasteiger partial charge is 0.273 e. The van der Waals surface area contributed by atoms with Crippen LogP contribution in [0, 0.1) is 5.92 Å². The molecule has 22 heavy (non-hydrogen) atoms. The molecule has 1 aliphatic rings. The number of nitrogens with one attached hydrogen (secondary N) is 1. The van der Waals surface area contributed by atoms with Crippen molar-refractivity contribution in [2.24, 2.45) is 17.4 Å². The van der Waals surface area contributed by atoms with Gasteiger partial charge in [-0.05, 0) is 19.3 Å². The van der Waals surface area contributed by atoms with Crippen molar-refractivity contribution in [1.29, 1.82) is 0 Å². The predicted octanol–water partition coefficient (Wildman–Crippen LogP) is -0.0128. The molecule has 0 spiro atoms. The van der Waals surface area contributed by atoms with Crippen LogP contribution in [0.15, 0.2) is 0 Å². The number of amides is 3. The number of alkyl halides is 1. The van der Waals surface area contributed by atoms with Crippen LogP contribution >= 0.6 is 0 Å². The van der Waals surface area contributed by atoms with Gasteiger partial charge in [0.1, 0.15) is 6.04 Å². The second-order valence-electron chi connectivity index (χ2n) is 5.80. The third-order valence-electron chi connectivity index (χ3n) is 4.06. The van der Waals surface area contributed by atoms with Crippen molar-refractivity contribution >= 4 is 17.7 Å². The molecular formula is C14H25FN4O3. The summed E-state index contributed by atoms with van der Waals surface area (Å²) < 4.78 is 12.6. The van der Waals surface area contributed by atoms with E-state index >= 15 is 0 Å². The van der Waals surface area contributed by atoms with E-state index in [1.54, 1.807) is 0 Å². The fraction of sp³-hybridized carbons (Fsp3) is 0.786. The molecule has 2 atom stereocenters. The Bertz CT molecular complexity index is 413. The number of hydrogen-bond acceptors (Lipinski definition) is 4. The molecular weight excluding hydrogens is 291 g/mol. The highest BCUT2D eigenvalue weighted by Gasteiger charge is 2.28. The number of carbonyl (C=O) groups is 3. The van der Waals surface area contributed by atoms with Gasteiger partial charge in [-0.2, -0.15) is 0 Å². The average molecular weight is 316 g/mol. The van der Waals surface area contributed by atoms with Gasteiger partial charge < -0.3 is 11.5 Å². The van der Waals surface area contributed by atoms with Gasteiger partial charge >= 0.3 is 0 Å². The molecule has 0 bridgehead atoms. The van der Waals surface area contributed by atoms with Crippen LogP contribution in [0.4, 0.5) is 4.39 Å². The summed E-state index contributed by atoms with van der Waals surface area (Å²) in [6.07, 6.45) is 6.03. The molecule has 0 radical (unpaired) electrons. The van der Waals surface area contributed by atoms with Gasteiger partial charge in [-0.15, -0.1) is 0 Å². The topological polar surface area (TPSA) is 119 Å². The Hall–Kier alpha value is -1.70. The molecule has 126 valence electrons. The summed E-state index contributed by atoms with van der Waals surface area (Å²) in [5, 5.41) is 0.616. The lowest BCUT2D eigenvalue weighted by molar-refractivity contribution is -0.148. The van der Waals surface area contributed by atoms with Gasteiger partial charge in [0.05, 0.1) is 6.04 Å². The lowest BCUT2D eigenvalue weighted by atomic mass is 9.85. The first-order chi connectivity index (χ1) is 10.4. The van der Waals surface area contributed by atoms with E-state index in [4.69, 9.17) is 11.5 Å². The molecule has 0 saturated heterocycles. The normalized spacial score (nSPS) is 18.3. The van der Waals surface area contributed by atoms with E-state index in [0.717, 1.165) is 25.7 Å². The number of carbonyl (C=O) groups excluding carboxylic acids is 3. The van der Waals surface area contributed by atoms with Gasteiger partial charge in [0, 0.05) is 0 Å². The SMILES string of the molecule is CC(C(N)=O)N(NC(=O)C(N)CC1CCCCC1)C(=O)CF. The minimum Gasteiger partial charge on any atom is -0.368 e. The van der Waals surface area contributed by atoms with Crippen molar-refractivity contribution in [2.75, 3.05) is 6.67 Å². The first kappa shape index (κ1) is 18.3. The molecule has 8 heteroatoms. The zero-order valence-electron chi connectivity index (χ0n) is 12.9. The zero-order chi connectivity index (χ0) is 16.7. The lowest BCUT2D eigenvalue weighted by Crippen LogP contribution is -2.58. The summed E-state index contributed by atoms with van der Waals surface area (Å²) in [4.78, 5) is 34.7. The third-order valence-corrected chi connectivity index (χ3v) is 4.06. The monoisotopic (exact) mass is 316 g/mol. The van der Waals surface area contributed by atoms with Gasteiger partial charge in [-0.25, -0.2) is 9.40 Å². The van der Waals surface area contributed by atoms with Crippen LogP contribution in [0.25, 0.3) is 0 Å². The number of nitrogens with zero attached hydrogens (tertiary/aromatic N) is 1. The van der Waals surface area contributed by atoms with Crippen LogP contribution in [0.3, 0.4) is 0 Å². The summed E-state index contributed by atoms with van der Waals surface area (Å²) in [5.41, 5.74) is 13.2. The standard InChI is InChI=1S/C14H25FN4O3/c1-9(13(17)21)19(12(20)8-15)18-14(22)11(16)7-10-5-3-2-4-6-10/h9-11H,2-8,16H2,1H3,(H2,17,21)(H,18,22). The van der Waals surface area contributed by atoms with E-state index in [9.17, 15) is 18.8 Å². The van der Waals surface area contributed by atoms with E-state index in [2.05, 4.69) is 5.43 Å². The number of nitrogens with two attached hydrogens (primary N) is 2. The summed E-state index contributed by atoms with van der Waals surface area (Å²) in [6.45, 7) is -0.0292. The maximum atomic E-state index is 12.6. The molecule has 2 unspecified atom stereocenters. The molecule has 0 aromatic heterocycles. The largest absolute Gasteiger partial charge is 0.368 e. The van der Waals surface area contributed by atoms with Crippen LogP contribution < -0.4 is 16.9 Å². The van der Waals surface area contributed by atoms with Crippen molar-refractivity contribution < 1.29 is 18.8 Å². The molecule has 5 N–H and O–H groups in total. The minimum absolute atomic E-state index is 0.383. The molecule has 7 nitrogen and oxygen atoms in total. The Labute approximate surface area is 129 Å². The molecule has 1 fully saturated rings. The third kappa shape index (κ3) is 5.25. The van der Waals surface area contributed by atoms with Crippen LogP contribution in [-0.4, -0.2) is 41.5 Å². The first-order valence-electron chi connectivity index (χ1n) is 7.60. The fourth-order valence-electron chi connectivity index (χ4n) is 2.66. The van der Waals surface area contributed by atoms with Crippen LogP contribution in [0.5, 0.6) is 0 Å². The number of hydrazine groups is 1. The van der Waals surface area contributed by atoms with Crippen molar-refractivity contribution in [3.63, 3.8) is 0 Å². The second-order valence-corrected chi connectivity index (χ2v) is 5.80. The molecule has 1 rings (SSSR count). The van der Waals surface area contributed by atoms with Gasteiger partial charge in [-0.1, -0.05) is 32.1 Å². The van der Waals surface area contributed by atoms with Crippen molar-refractivity contribution in [2.45, 2.75) is 57.5 Å². The first-order valence-corrected chi connectivity index (χ1v) is 7.60. The highest BCUT2D eigenvalue weighted by atomic mass is 19.1. The van der Waals surface area contributed by atoms with E-state index < -0.39 is 36.5 Å². The van der Waals surface area contributed by atoms with Gasteiger partial charge in [-0.3, -0.25) is 19.8 Å². The number of hydrogen-bond donors (Lipinski definition) is 3. The molecule has 0 aliphatic heterocycles. The maximum Gasteiger partial charge on any atom is 0.273 e. The molecule has 1 aliphatic carbocycles. The summed E-state index contributed by atoms with van der Waals surface area (Å²) >= 11 is 0. The Morgan fingerprint density at radius 3 is 2.36 bits per heavy atom. The Kier molecular flexibility index (Phi) is 7.23. The van der Waals surface area contributed by atoms with Crippen molar-refractivity contribution in [1.82, 2.24) is 10.4 Å². The van der Waals surface area contributed by atoms with Gasteiger partial charge in [0.2, 0.25) is 5.91 Å². The highest BCUT2D eigenvalue weighted by Crippen LogP contribution is 2.26. The molecule has 0 aromatic carbocycles. The molecule has 3 amide bonds. The summed E-state index contributed by atoms with van der Waals surface area (Å²) in [7, 11) is 0. The lowest BCUT2D eigenvalue weighted by Gasteiger charge is -2.29. The fourth-order valence-corrected chi connectivity index (χ4v) is 2.66. The average Bonchev–Trinajstić information content (AvgIpc) is 2.51. The van der Waals surface area contributed by atoms with E-state index in [0.29, 0.717) is 17.3 Å². The quantitative estimate of drug-likeness (QED) is 0.597. The Morgan fingerprint density at radius 1 is 1.27 bits per heavy atom. The van der Waals surface area contributed by atoms with E-state index in [1.165, 1.54) is 13.3 Å². The van der Waals surface area contributed by atoms with Crippen molar-refractivity contribution in [3.05, 3.63) is 0 Å². The number of rotatable bonds is 6. The summed E-state index contributed by atoms with van der Waals surface area (Å²) in [6, 6.07) is -1.95. The van der Waals surface area contributed by atoms with Crippen molar-refractivity contribution in [3.8, 4) is 0 Å². The van der Waals surface area contributed by atoms with Crippen LogP contribution in [-0.2, 0) is 14.4 Å².